The van der Waals surface area contributed by atoms with Crippen LogP contribution in [0.2, 0.25) is 0 Å². The van der Waals surface area contributed by atoms with E-state index in [0.717, 1.165) is 23.2 Å². The van der Waals surface area contributed by atoms with Crippen LogP contribution in [-0.2, 0) is 26.2 Å². The van der Waals surface area contributed by atoms with Gasteiger partial charge < -0.3 is 15.0 Å². The Hall–Kier alpha value is -4.45. The van der Waals surface area contributed by atoms with Gasteiger partial charge in [-0.1, -0.05) is 56.7 Å². The molecule has 0 spiro atoms. The van der Waals surface area contributed by atoms with Crippen LogP contribution in [0.1, 0.15) is 38.7 Å². The lowest BCUT2D eigenvalue weighted by molar-refractivity contribution is -0.384. The van der Waals surface area contributed by atoms with Crippen LogP contribution in [0.15, 0.2) is 83.8 Å². The van der Waals surface area contributed by atoms with E-state index in [-0.39, 0.29) is 35.1 Å². The van der Waals surface area contributed by atoms with Gasteiger partial charge in [0.2, 0.25) is 11.8 Å². The Morgan fingerprint density at radius 2 is 1.71 bits per heavy atom. The van der Waals surface area contributed by atoms with Crippen LogP contribution >= 0.6 is 0 Å². The van der Waals surface area contributed by atoms with Crippen molar-refractivity contribution in [2.24, 2.45) is 0 Å². The standard InChI is InChI=1S/C30H36N4O7S/c1-4-6-18-31-30(36)28(5-2)32(21-23-12-10-15-26(19-23)41-3)29(35)22-33(24-13-11-14-25(20-24)34(37)38)42(39,40)27-16-8-7-9-17-27/h7-17,19-20,28H,4-6,18,21-22H2,1-3H3,(H,31,36)/t28-/m0/s1. The third-order valence-corrected chi connectivity index (χ3v) is 8.43. The smallest absolute Gasteiger partial charge is 0.271 e. The predicted octanol–water partition coefficient (Wildman–Crippen LogP) is 4.52. The highest BCUT2D eigenvalue weighted by molar-refractivity contribution is 7.92. The van der Waals surface area contributed by atoms with Crippen molar-refractivity contribution in [3.05, 3.63) is 94.5 Å². The molecule has 224 valence electrons. The zero-order valence-electron chi connectivity index (χ0n) is 23.9. The molecular weight excluding hydrogens is 560 g/mol. The van der Waals surface area contributed by atoms with Gasteiger partial charge in [-0.05, 0) is 48.7 Å². The maximum absolute atomic E-state index is 14.1. The minimum absolute atomic E-state index is 0.00387. The summed E-state index contributed by atoms with van der Waals surface area (Å²) in [6, 6.07) is 18.7. The number of ether oxygens (including phenoxy) is 1. The Balaban J connectivity index is 2.07. The van der Waals surface area contributed by atoms with E-state index in [9.17, 15) is 28.1 Å². The summed E-state index contributed by atoms with van der Waals surface area (Å²) in [7, 11) is -2.82. The quantitative estimate of drug-likeness (QED) is 0.155. The number of benzene rings is 3. The van der Waals surface area contributed by atoms with Crippen molar-refractivity contribution in [2.75, 3.05) is 24.5 Å². The molecule has 0 unspecified atom stereocenters. The number of nitrogens with zero attached hydrogens (tertiary/aromatic N) is 3. The third kappa shape index (κ3) is 8.06. The van der Waals surface area contributed by atoms with Crippen LogP contribution in [0.5, 0.6) is 5.75 Å². The first-order valence-electron chi connectivity index (χ1n) is 13.6. The number of carbonyl (C=O) groups is 2. The number of rotatable bonds is 15. The van der Waals surface area contributed by atoms with Gasteiger partial charge in [-0.25, -0.2) is 8.42 Å². The molecule has 0 radical (unpaired) electrons. The van der Waals surface area contributed by atoms with Crippen LogP contribution < -0.4 is 14.4 Å². The largest absolute Gasteiger partial charge is 0.497 e. The zero-order chi connectivity index (χ0) is 30.7. The second-order valence-corrected chi connectivity index (χ2v) is 11.4. The van der Waals surface area contributed by atoms with Gasteiger partial charge in [-0.15, -0.1) is 0 Å². The fourth-order valence-corrected chi connectivity index (χ4v) is 5.83. The molecule has 0 aliphatic heterocycles. The number of anilines is 1. The average molecular weight is 597 g/mol. The average Bonchev–Trinajstić information content (AvgIpc) is 3.00. The SMILES string of the molecule is CCCCNC(=O)[C@H](CC)N(Cc1cccc(OC)c1)C(=O)CN(c1cccc([N+](=O)[O-])c1)S(=O)(=O)c1ccccc1. The lowest BCUT2D eigenvalue weighted by Gasteiger charge is -2.33. The lowest BCUT2D eigenvalue weighted by Crippen LogP contribution is -2.52. The van der Waals surface area contributed by atoms with Crippen molar-refractivity contribution in [1.29, 1.82) is 0 Å². The Morgan fingerprint density at radius 3 is 2.36 bits per heavy atom. The van der Waals surface area contributed by atoms with E-state index in [0.29, 0.717) is 17.9 Å². The summed E-state index contributed by atoms with van der Waals surface area (Å²) < 4.78 is 33.9. The Labute approximate surface area is 246 Å². The molecule has 0 aromatic heterocycles. The molecule has 3 aromatic carbocycles. The van der Waals surface area contributed by atoms with Crippen molar-refractivity contribution >= 4 is 33.2 Å². The molecule has 3 aromatic rings. The number of carbonyl (C=O) groups excluding carboxylic acids is 2. The van der Waals surface area contributed by atoms with Gasteiger partial charge in [0.05, 0.1) is 22.6 Å². The van der Waals surface area contributed by atoms with Gasteiger partial charge in [-0.3, -0.25) is 24.0 Å². The molecule has 2 amide bonds. The van der Waals surface area contributed by atoms with Crippen LogP contribution in [0.4, 0.5) is 11.4 Å². The summed E-state index contributed by atoms with van der Waals surface area (Å²) in [6.07, 6.45) is 1.91. The molecular formula is C30H36N4O7S. The number of nitro benzene ring substituents is 1. The van der Waals surface area contributed by atoms with Gasteiger partial charge in [0.1, 0.15) is 18.3 Å². The van der Waals surface area contributed by atoms with Crippen molar-refractivity contribution in [3.8, 4) is 5.75 Å². The number of nitro groups is 1. The number of sulfonamides is 1. The first-order chi connectivity index (χ1) is 20.1. The maximum atomic E-state index is 14.1. The van der Waals surface area contributed by atoms with Crippen LogP contribution in [0.25, 0.3) is 0 Å². The van der Waals surface area contributed by atoms with E-state index in [4.69, 9.17) is 4.74 Å². The summed E-state index contributed by atoms with van der Waals surface area (Å²) >= 11 is 0. The lowest BCUT2D eigenvalue weighted by atomic mass is 10.1. The van der Waals surface area contributed by atoms with Crippen molar-refractivity contribution in [3.63, 3.8) is 0 Å². The molecule has 0 saturated heterocycles. The van der Waals surface area contributed by atoms with Crippen molar-refractivity contribution < 1.29 is 27.7 Å². The molecule has 11 nitrogen and oxygen atoms in total. The first kappa shape index (κ1) is 32.1. The monoisotopic (exact) mass is 596 g/mol. The van der Waals surface area contributed by atoms with Crippen LogP contribution in [0, 0.1) is 10.1 Å². The summed E-state index contributed by atoms with van der Waals surface area (Å²) in [5.74, 6) is -0.443. The maximum Gasteiger partial charge on any atom is 0.271 e. The molecule has 0 heterocycles. The second-order valence-electron chi connectivity index (χ2n) is 9.54. The van der Waals surface area contributed by atoms with E-state index >= 15 is 0 Å². The van der Waals surface area contributed by atoms with Gasteiger partial charge in [-0.2, -0.15) is 0 Å². The van der Waals surface area contributed by atoms with Crippen LogP contribution in [-0.4, -0.2) is 56.3 Å². The molecule has 3 rings (SSSR count). The van der Waals surface area contributed by atoms with Gasteiger partial charge in [0.15, 0.2) is 0 Å². The summed E-state index contributed by atoms with van der Waals surface area (Å²) in [6.45, 7) is 3.52. The fourth-order valence-electron chi connectivity index (χ4n) is 4.40. The van der Waals surface area contributed by atoms with Crippen molar-refractivity contribution in [1.82, 2.24) is 10.2 Å². The molecule has 0 aliphatic rings. The van der Waals surface area contributed by atoms with Crippen LogP contribution in [0.3, 0.4) is 0 Å². The summed E-state index contributed by atoms with van der Waals surface area (Å²) in [4.78, 5) is 39.5. The number of unbranched alkanes of at least 4 members (excludes halogenated alkanes) is 1. The minimum Gasteiger partial charge on any atom is -0.497 e. The van der Waals surface area contributed by atoms with Gasteiger partial charge >= 0.3 is 0 Å². The Bertz CT molecular complexity index is 1480. The molecule has 0 saturated carbocycles. The number of hydrogen-bond acceptors (Lipinski definition) is 7. The number of non-ortho nitro benzene ring substituents is 1. The van der Waals surface area contributed by atoms with E-state index < -0.39 is 33.4 Å². The summed E-state index contributed by atoms with van der Waals surface area (Å²) in [5.41, 5.74) is 0.293. The normalized spacial score (nSPS) is 11.8. The molecule has 0 aliphatic carbocycles. The molecule has 1 N–H and O–H groups in total. The number of nitrogens with one attached hydrogen (secondary N) is 1. The van der Waals surface area contributed by atoms with Gasteiger partial charge in [0, 0.05) is 25.2 Å². The second kappa shape index (κ2) is 15.0. The number of hydrogen-bond donors (Lipinski definition) is 1. The molecule has 42 heavy (non-hydrogen) atoms. The van der Waals surface area contributed by atoms with E-state index in [1.807, 2.05) is 6.92 Å². The van der Waals surface area contributed by atoms with Crippen molar-refractivity contribution in [2.45, 2.75) is 50.6 Å². The third-order valence-electron chi connectivity index (χ3n) is 6.64. The molecule has 0 fully saturated rings. The van der Waals surface area contributed by atoms with E-state index in [2.05, 4.69) is 5.32 Å². The fraction of sp³-hybridized carbons (Fsp3) is 0.333. The molecule has 12 heteroatoms. The highest BCUT2D eigenvalue weighted by Crippen LogP contribution is 2.28. The van der Waals surface area contributed by atoms with E-state index in [1.165, 1.54) is 42.3 Å². The Morgan fingerprint density at radius 1 is 1.00 bits per heavy atom. The predicted molar refractivity (Wildman–Crippen MR) is 160 cm³/mol. The number of methoxy groups -OCH3 is 1. The van der Waals surface area contributed by atoms with E-state index in [1.54, 1.807) is 49.4 Å². The number of amides is 2. The summed E-state index contributed by atoms with van der Waals surface area (Å²) in [5, 5.41) is 14.4. The minimum atomic E-state index is -4.34. The van der Waals surface area contributed by atoms with Gasteiger partial charge in [0.25, 0.3) is 15.7 Å². The highest BCUT2D eigenvalue weighted by atomic mass is 32.2. The Kier molecular flexibility index (Phi) is 11.4. The highest BCUT2D eigenvalue weighted by Gasteiger charge is 2.34. The topological polar surface area (TPSA) is 139 Å². The zero-order valence-corrected chi connectivity index (χ0v) is 24.7. The molecule has 0 bridgehead atoms. The first-order valence-corrected chi connectivity index (χ1v) is 15.1. The molecule has 1 atom stereocenters.